The predicted molar refractivity (Wildman–Crippen MR) is 156 cm³/mol. The zero-order chi connectivity index (χ0) is 27.0. The Morgan fingerprint density at radius 3 is 2.72 bits per heavy atom. The minimum Gasteiger partial charge on any atom is -0.311 e. The number of nitrogens with zero attached hydrogens (tertiary/aromatic N) is 6. The van der Waals surface area contributed by atoms with Gasteiger partial charge in [-0.05, 0) is 92.4 Å². The average molecular weight is 541 g/mol. The summed E-state index contributed by atoms with van der Waals surface area (Å²) in [5.41, 5.74) is 6.58. The fourth-order valence-electron chi connectivity index (χ4n) is 6.14. The number of piperidine rings is 1. The summed E-state index contributed by atoms with van der Waals surface area (Å²) in [6, 6.07) is 12.1. The lowest BCUT2D eigenvalue weighted by molar-refractivity contribution is -0.118. The van der Waals surface area contributed by atoms with E-state index in [4.69, 9.17) is 11.6 Å². The van der Waals surface area contributed by atoms with Gasteiger partial charge in [-0.15, -0.1) is 0 Å². The van der Waals surface area contributed by atoms with Gasteiger partial charge in [-0.2, -0.15) is 5.10 Å². The third-order valence-electron chi connectivity index (χ3n) is 8.31. The van der Waals surface area contributed by atoms with Crippen LogP contribution in [0.1, 0.15) is 41.6 Å². The number of hydrogen-bond donors (Lipinski definition) is 0. The zero-order valence-corrected chi connectivity index (χ0v) is 23.2. The van der Waals surface area contributed by atoms with Crippen molar-refractivity contribution in [1.29, 1.82) is 0 Å². The van der Waals surface area contributed by atoms with Gasteiger partial charge in [0, 0.05) is 55.4 Å². The number of aromatic nitrogens is 4. The van der Waals surface area contributed by atoms with Gasteiger partial charge in [0.25, 0.3) is 0 Å². The summed E-state index contributed by atoms with van der Waals surface area (Å²) in [6.45, 7) is 5.64. The first-order chi connectivity index (χ1) is 18.9. The lowest BCUT2D eigenvalue weighted by Crippen LogP contribution is -2.46. The van der Waals surface area contributed by atoms with E-state index in [1.165, 1.54) is 16.5 Å². The first-order valence-electron chi connectivity index (χ1n) is 13.6. The molecule has 2 aliphatic rings. The molecule has 2 aliphatic heterocycles. The van der Waals surface area contributed by atoms with E-state index in [2.05, 4.69) is 63.3 Å². The highest BCUT2D eigenvalue weighted by Crippen LogP contribution is 2.50. The van der Waals surface area contributed by atoms with Crippen LogP contribution in [0.4, 0.5) is 5.69 Å². The maximum atomic E-state index is 13.6. The van der Waals surface area contributed by atoms with Gasteiger partial charge >= 0.3 is 0 Å². The summed E-state index contributed by atoms with van der Waals surface area (Å²) >= 11 is 6.06. The number of fused-ring (bicyclic) bond motifs is 4. The number of carbonyl (C=O) groups is 1. The van der Waals surface area contributed by atoms with E-state index in [0.717, 1.165) is 61.5 Å². The van der Waals surface area contributed by atoms with E-state index in [1.807, 2.05) is 41.2 Å². The van der Waals surface area contributed by atoms with Gasteiger partial charge in [0.05, 0.1) is 17.4 Å². The molecular formula is C31H33ClN6O. The number of halogens is 1. The van der Waals surface area contributed by atoms with Crippen LogP contribution < -0.4 is 4.90 Å². The highest BCUT2D eigenvalue weighted by Gasteiger charge is 2.47. The van der Waals surface area contributed by atoms with Crippen LogP contribution in [0.3, 0.4) is 0 Å². The van der Waals surface area contributed by atoms with E-state index in [9.17, 15) is 4.79 Å². The van der Waals surface area contributed by atoms with Crippen molar-refractivity contribution in [2.45, 2.75) is 38.0 Å². The predicted octanol–water partition coefficient (Wildman–Crippen LogP) is 5.35. The molecule has 0 N–H and O–H groups in total. The Balaban J connectivity index is 1.20. The topological polar surface area (TPSA) is 67.2 Å². The quantitative estimate of drug-likeness (QED) is 0.308. The van der Waals surface area contributed by atoms with Gasteiger partial charge in [-0.25, -0.2) is 4.98 Å². The molecular weight excluding hydrogens is 508 g/mol. The second kappa shape index (κ2) is 10.5. The molecule has 1 aromatic carbocycles. The van der Waals surface area contributed by atoms with Crippen LogP contribution >= 0.6 is 11.6 Å². The van der Waals surface area contributed by atoms with Gasteiger partial charge in [-0.3, -0.25) is 19.4 Å². The van der Waals surface area contributed by atoms with Gasteiger partial charge in [0.1, 0.15) is 5.15 Å². The molecule has 5 heterocycles. The van der Waals surface area contributed by atoms with E-state index in [-0.39, 0.29) is 11.3 Å². The molecule has 0 unspecified atom stereocenters. The number of carbonyl (C=O) groups excluding carboxylic acids is 1. The third-order valence-corrected chi connectivity index (χ3v) is 8.52. The Bertz CT molecular complexity index is 1530. The molecule has 0 atom stereocenters. The van der Waals surface area contributed by atoms with E-state index >= 15 is 0 Å². The molecule has 0 bridgehead atoms. The Kier molecular flexibility index (Phi) is 6.95. The second-order valence-electron chi connectivity index (χ2n) is 10.9. The summed E-state index contributed by atoms with van der Waals surface area (Å²) in [6.07, 6.45) is 13.0. The second-order valence-corrected chi connectivity index (χ2v) is 11.3. The van der Waals surface area contributed by atoms with Crippen LogP contribution in [0.2, 0.25) is 5.15 Å². The maximum Gasteiger partial charge on any atom is 0.227 e. The van der Waals surface area contributed by atoms with Crippen LogP contribution in [0.25, 0.3) is 17.0 Å². The number of likely N-dealkylation sites (tertiary alicyclic amines) is 1. The molecule has 39 heavy (non-hydrogen) atoms. The van der Waals surface area contributed by atoms with Crippen LogP contribution in [0, 0.1) is 6.92 Å². The Hall–Kier alpha value is -3.55. The van der Waals surface area contributed by atoms with E-state index in [1.54, 1.807) is 6.20 Å². The first kappa shape index (κ1) is 25.7. The summed E-state index contributed by atoms with van der Waals surface area (Å²) < 4.78 is 1.93. The average Bonchev–Trinajstić information content (AvgIpc) is 3.47. The summed E-state index contributed by atoms with van der Waals surface area (Å²) in [5.74, 6) is 0.153. The minimum absolute atomic E-state index is 0.0633. The first-order valence-corrected chi connectivity index (χ1v) is 14.0. The molecule has 7 nitrogen and oxygen atoms in total. The molecule has 1 saturated heterocycles. The highest BCUT2D eigenvalue weighted by molar-refractivity contribution is 6.29. The number of benzene rings is 1. The molecule has 1 fully saturated rings. The molecule has 1 amide bonds. The molecule has 0 saturated carbocycles. The largest absolute Gasteiger partial charge is 0.311 e. The minimum atomic E-state index is -0.0633. The number of pyridine rings is 2. The Labute approximate surface area is 234 Å². The SMILES string of the molecule is Cc1ccc(/C=C/CN2CCC3(CC2)CN(C(=O)CCc2ccnc(Cl)c2)c2ccc4c(cnn4C)c23)nc1. The van der Waals surface area contributed by atoms with Crippen molar-refractivity contribution in [2.75, 3.05) is 31.1 Å². The summed E-state index contributed by atoms with van der Waals surface area (Å²) in [5, 5.41) is 6.20. The number of hydrogen-bond acceptors (Lipinski definition) is 5. The van der Waals surface area contributed by atoms with Gasteiger partial charge in [-0.1, -0.05) is 23.7 Å². The van der Waals surface area contributed by atoms with Crippen LogP contribution in [-0.2, 0) is 23.7 Å². The van der Waals surface area contributed by atoms with Crippen molar-refractivity contribution in [3.05, 3.63) is 88.6 Å². The molecule has 6 rings (SSSR count). The lowest BCUT2D eigenvalue weighted by atomic mass is 9.73. The molecule has 3 aromatic heterocycles. The van der Waals surface area contributed by atoms with Crippen molar-refractivity contribution < 1.29 is 4.79 Å². The van der Waals surface area contributed by atoms with Gasteiger partial charge in [0.15, 0.2) is 0 Å². The summed E-state index contributed by atoms with van der Waals surface area (Å²) in [7, 11) is 1.98. The fraction of sp³-hybridized carbons (Fsp3) is 0.355. The Morgan fingerprint density at radius 2 is 1.95 bits per heavy atom. The van der Waals surface area contributed by atoms with Crippen LogP contribution in [0.5, 0.6) is 0 Å². The monoisotopic (exact) mass is 540 g/mol. The molecule has 0 aliphatic carbocycles. The zero-order valence-electron chi connectivity index (χ0n) is 22.5. The number of amides is 1. The number of aryl methyl sites for hydroxylation is 3. The molecule has 1 spiro atoms. The van der Waals surface area contributed by atoms with Gasteiger partial charge in [0.2, 0.25) is 5.91 Å². The van der Waals surface area contributed by atoms with Crippen LogP contribution in [-0.4, -0.2) is 56.7 Å². The molecule has 8 heteroatoms. The van der Waals surface area contributed by atoms with Crippen molar-refractivity contribution in [2.24, 2.45) is 7.05 Å². The van der Waals surface area contributed by atoms with Crippen molar-refractivity contribution in [3.8, 4) is 0 Å². The number of rotatable bonds is 6. The van der Waals surface area contributed by atoms with E-state index in [0.29, 0.717) is 18.0 Å². The van der Waals surface area contributed by atoms with Gasteiger partial charge < -0.3 is 4.90 Å². The lowest BCUT2D eigenvalue weighted by Gasteiger charge is -2.39. The standard InChI is InChI=1S/C31H33ClN6O/c1-22-5-7-24(34-19-22)4-3-15-37-16-12-31(13-17-37)21-38(29(39)10-6-23-11-14-33-28(32)18-23)27-9-8-26-25(30(27)31)20-35-36(26)2/h3-5,7-9,11,14,18-20H,6,10,12-13,15-17,21H2,1-2H3/b4-3+. The summed E-state index contributed by atoms with van der Waals surface area (Å²) in [4.78, 5) is 26.7. The van der Waals surface area contributed by atoms with Crippen molar-refractivity contribution in [1.82, 2.24) is 24.6 Å². The third kappa shape index (κ3) is 5.09. The molecule has 200 valence electrons. The Morgan fingerprint density at radius 1 is 1.10 bits per heavy atom. The maximum absolute atomic E-state index is 13.6. The smallest absolute Gasteiger partial charge is 0.227 e. The normalized spacial score (nSPS) is 16.9. The number of anilines is 1. The van der Waals surface area contributed by atoms with Crippen molar-refractivity contribution >= 4 is 40.2 Å². The van der Waals surface area contributed by atoms with E-state index < -0.39 is 0 Å². The molecule has 0 radical (unpaired) electrons. The highest BCUT2D eigenvalue weighted by atomic mass is 35.5. The fourth-order valence-corrected chi connectivity index (χ4v) is 6.34. The molecule has 4 aromatic rings. The van der Waals surface area contributed by atoms with Crippen LogP contribution in [0.15, 0.2) is 61.1 Å². The van der Waals surface area contributed by atoms with Crippen molar-refractivity contribution in [3.63, 3.8) is 0 Å².